The standard InChI is InChI=1S/C27H28O3S/c28-31-15-13-24(14-16-31)30-25-11-12-26-22(18-25)6-4-5-21-10-9-20(17-27(21)26)19-29-23-7-2-1-3-8-23/h1-3,7-12,17-18,24H,4-6,13-16,19H2. The molecular formula is C27H28O3S. The van der Waals surface area contributed by atoms with E-state index in [0.717, 1.165) is 55.1 Å². The summed E-state index contributed by atoms with van der Waals surface area (Å²) in [5.41, 5.74) is 6.58. The first-order valence-corrected chi connectivity index (χ1v) is 12.7. The lowest BCUT2D eigenvalue weighted by atomic mass is 9.95. The van der Waals surface area contributed by atoms with Crippen molar-refractivity contribution in [3.05, 3.63) is 83.4 Å². The van der Waals surface area contributed by atoms with Crippen LogP contribution in [0.5, 0.6) is 11.5 Å². The van der Waals surface area contributed by atoms with Crippen molar-refractivity contribution in [2.75, 3.05) is 11.5 Å². The molecule has 31 heavy (non-hydrogen) atoms. The van der Waals surface area contributed by atoms with Crippen LogP contribution >= 0.6 is 0 Å². The molecule has 0 spiro atoms. The van der Waals surface area contributed by atoms with E-state index in [-0.39, 0.29) is 6.10 Å². The minimum atomic E-state index is -0.655. The van der Waals surface area contributed by atoms with E-state index < -0.39 is 10.8 Å². The summed E-state index contributed by atoms with van der Waals surface area (Å²) in [6, 6.07) is 23.3. The first-order valence-electron chi connectivity index (χ1n) is 11.2. The van der Waals surface area contributed by atoms with Gasteiger partial charge in [-0.15, -0.1) is 0 Å². The van der Waals surface area contributed by atoms with E-state index in [9.17, 15) is 4.21 Å². The molecule has 1 saturated heterocycles. The van der Waals surface area contributed by atoms with Gasteiger partial charge in [-0.1, -0.05) is 36.4 Å². The predicted molar refractivity (Wildman–Crippen MR) is 126 cm³/mol. The van der Waals surface area contributed by atoms with Crippen LogP contribution in [0.3, 0.4) is 0 Å². The minimum Gasteiger partial charge on any atom is -0.490 e. The zero-order chi connectivity index (χ0) is 21.0. The SMILES string of the molecule is O=S1CCC(Oc2ccc3c(c2)CCCc2ccc(COc4ccccc4)cc2-3)CC1. The molecule has 5 rings (SSSR count). The van der Waals surface area contributed by atoms with Crippen molar-refractivity contribution < 1.29 is 13.7 Å². The molecule has 0 N–H and O–H groups in total. The summed E-state index contributed by atoms with van der Waals surface area (Å²) in [5, 5.41) is 0. The van der Waals surface area contributed by atoms with Crippen molar-refractivity contribution in [3.8, 4) is 22.6 Å². The van der Waals surface area contributed by atoms with Crippen molar-refractivity contribution in [3.63, 3.8) is 0 Å². The second-order valence-corrected chi connectivity index (χ2v) is 10.1. The van der Waals surface area contributed by atoms with Gasteiger partial charge in [-0.3, -0.25) is 4.21 Å². The van der Waals surface area contributed by atoms with E-state index in [1.54, 1.807) is 0 Å². The lowest BCUT2D eigenvalue weighted by Crippen LogP contribution is -2.27. The highest BCUT2D eigenvalue weighted by molar-refractivity contribution is 7.85. The maximum Gasteiger partial charge on any atom is 0.120 e. The van der Waals surface area contributed by atoms with Gasteiger partial charge >= 0.3 is 0 Å². The van der Waals surface area contributed by atoms with Gasteiger partial charge in [-0.25, -0.2) is 0 Å². The molecule has 0 atom stereocenters. The van der Waals surface area contributed by atoms with Gasteiger partial charge in [0.15, 0.2) is 0 Å². The van der Waals surface area contributed by atoms with Crippen LogP contribution in [0.2, 0.25) is 0 Å². The van der Waals surface area contributed by atoms with E-state index in [2.05, 4.69) is 36.4 Å². The monoisotopic (exact) mass is 432 g/mol. The van der Waals surface area contributed by atoms with E-state index in [1.807, 2.05) is 30.3 Å². The fourth-order valence-electron chi connectivity index (χ4n) is 4.53. The Bertz CT molecular complexity index is 1070. The number of fused-ring (bicyclic) bond motifs is 3. The molecule has 0 amide bonds. The van der Waals surface area contributed by atoms with Gasteiger partial charge in [0.2, 0.25) is 0 Å². The Labute approximate surface area is 186 Å². The summed E-state index contributed by atoms with van der Waals surface area (Å²) >= 11 is 0. The van der Waals surface area contributed by atoms with Crippen LogP contribution in [0.15, 0.2) is 66.7 Å². The Balaban J connectivity index is 1.36. The molecule has 0 aromatic heterocycles. The molecule has 0 saturated carbocycles. The van der Waals surface area contributed by atoms with Crippen LogP contribution in [-0.4, -0.2) is 21.8 Å². The molecule has 160 valence electrons. The van der Waals surface area contributed by atoms with Crippen LogP contribution in [0.4, 0.5) is 0 Å². The molecular weight excluding hydrogens is 404 g/mol. The second-order valence-electron chi connectivity index (χ2n) is 8.43. The maximum absolute atomic E-state index is 11.6. The van der Waals surface area contributed by atoms with Gasteiger partial charge in [0.1, 0.15) is 24.2 Å². The van der Waals surface area contributed by atoms with E-state index in [0.29, 0.717) is 6.61 Å². The summed E-state index contributed by atoms with van der Waals surface area (Å²) in [5.74, 6) is 3.36. The van der Waals surface area contributed by atoms with E-state index in [4.69, 9.17) is 9.47 Å². The zero-order valence-electron chi connectivity index (χ0n) is 17.7. The summed E-state index contributed by atoms with van der Waals surface area (Å²) in [7, 11) is -0.655. The molecule has 0 unspecified atom stereocenters. The third-order valence-corrected chi connectivity index (χ3v) is 7.60. The average molecular weight is 433 g/mol. The first kappa shape index (κ1) is 20.3. The molecule has 1 aliphatic carbocycles. The van der Waals surface area contributed by atoms with Crippen LogP contribution in [0.1, 0.15) is 36.0 Å². The van der Waals surface area contributed by atoms with E-state index >= 15 is 0 Å². The van der Waals surface area contributed by atoms with Crippen LogP contribution in [0.25, 0.3) is 11.1 Å². The number of benzene rings is 3. The highest BCUT2D eigenvalue weighted by Gasteiger charge is 2.21. The first-order chi connectivity index (χ1) is 15.2. The van der Waals surface area contributed by atoms with Crippen molar-refractivity contribution in [1.82, 2.24) is 0 Å². The molecule has 0 radical (unpaired) electrons. The highest BCUT2D eigenvalue weighted by Crippen LogP contribution is 2.36. The van der Waals surface area contributed by atoms with E-state index in [1.165, 1.54) is 27.8 Å². The lowest BCUT2D eigenvalue weighted by molar-refractivity contribution is 0.191. The van der Waals surface area contributed by atoms with Crippen molar-refractivity contribution >= 4 is 10.8 Å². The Morgan fingerprint density at radius 3 is 2.45 bits per heavy atom. The quantitative estimate of drug-likeness (QED) is 0.518. The van der Waals surface area contributed by atoms with Gasteiger partial charge in [-0.2, -0.15) is 0 Å². The molecule has 2 aliphatic rings. The van der Waals surface area contributed by atoms with Crippen molar-refractivity contribution in [2.45, 2.75) is 44.8 Å². The fraction of sp³-hybridized carbons (Fsp3) is 0.333. The molecule has 1 aliphatic heterocycles. The predicted octanol–water partition coefficient (Wildman–Crippen LogP) is 5.71. The number of hydrogen-bond donors (Lipinski definition) is 0. The third-order valence-electron chi connectivity index (χ3n) is 6.22. The normalized spacial score (nSPS) is 20.3. The summed E-state index contributed by atoms with van der Waals surface area (Å²) in [4.78, 5) is 0. The Kier molecular flexibility index (Phi) is 6.08. The van der Waals surface area contributed by atoms with Gasteiger partial charge in [0, 0.05) is 22.3 Å². The molecule has 3 aromatic rings. The van der Waals surface area contributed by atoms with Crippen molar-refractivity contribution in [1.29, 1.82) is 0 Å². The number of para-hydroxylation sites is 1. The van der Waals surface area contributed by atoms with Gasteiger partial charge in [0.25, 0.3) is 0 Å². The number of ether oxygens (including phenoxy) is 2. The van der Waals surface area contributed by atoms with Crippen molar-refractivity contribution in [2.24, 2.45) is 0 Å². The topological polar surface area (TPSA) is 35.5 Å². The molecule has 1 heterocycles. The third kappa shape index (κ3) is 4.85. The average Bonchev–Trinajstić information content (AvgIpc) is 2.98. The summed E-state index contributed by atoms with van der Waals surface area (Å²) < 4.78 is 23.8. The number of hydrogen-bond acceptors (Lipinski definition) is 3. The highest BCUT2D eigenvalue weighted by atomic mass is 32.2. The largest absolute Gasteiger partial charge is 0.490 e. The molecule has 4 heteroatoms. The molecule has 3 nitrogen and oxygen atoms in total. The van der Waals surface area contributed by atoms with Gasteiger partial charge in [0.05, 0.1) is 0 Å². The lowest BCUT2D eigenvalue weighted by Gasteiger charge is -2.23. The minimum absolute atomic E-state index is 0.190. The smallest absolute Gasteiger partial charge is 0.120 e. The number of aryl methyl sites for hydroxylation is 2. The Morgan fingerprint density at radius 1 is 0.806 bits per heavy atom. The maximum atomic E-state index is 11.6. The molecule has 3 aromatic carbocycles. The van der Waals surface area contributed by atoms with Gasteiger partial charge in [-0.05, 0) is 90.3 Å². The van der Waals surface area contributed by atoms with Gasteiger partial charge < -0.3 is 9.47 Å². The Morgan fingerprint density at radius 2 is 1.61 bits per heavy atom. The fourth-order valence-corrected chi connectivity index (χ4v) is 5.79. The zero-order valence-corrected chi connectivity index (χ0v) is 18.5. The second kappa shape index (κ2) is 9.27. The van der Waals surface area contributed by atoms with Crippen LogP contribution in [0, 0.1) is 0 Å². The summed E-state index contributed by atoms with van der Waals surface area (Å²) in [6.45, 7) is 0.566. The number of rotatable bonds is 5. The van der Waals surface area contributed by atoms with Crippen LogP contribution in [-0.2, 0) is 30.2 Å². The molecule has 0 bridgehead atoms. The van der Waals surface area contributed by atoms with Crippen LogP contribution < -0.4 is 9.47 Å². The molecule has 1 fully saturated rings. The summed E-state index contributed by atoms with van der Waals surface area (Å²) in [6.07, 6.45) is 5.26. The Hall–Kier alpha value is -2.59.